The largest absolute Gasteiger partial charge is 0.465 e. The Kier molecular flexibility index (Phi) is 3.86. The van der Waals surface area contributed by atoms with E-state index in [2.05, 4.69) is 5.10 Å². The topological polar surface area (TPSA) is 85.9 Å². The molecule has 0 radical (unpaired) electrons. The second kappa shape index (κ2) is 5.96. The summed E-state index contributed by atoms with van der Waals surface area (Å²) < 4.78 is 7.92. The van der Waals surface area contributed by atoms with Crippen molar-refractivity contribution < 1.29 is 14.3 Å². The van der Waals surface area contributed by atoms with Crippen LogP contribution in [0.4, 0.5) is 0 Å². The van der Waals surface area contributed by atoms with E-state index < -0.39 is 5.97 Å². The molecule has 2 aliphatic rings. The molecule has 0 aromatic carbocycles. The van der Waals surface area contributed by atoms with E-state index in [9.17, 15) is 14.4 Å². The van der Waals surface area contributed by atoms with Crippen molar-refractivity contribution in [2.45, 2.75) is 52.7 Å². The summed E-state index contributed by atoms with van der Waals surface area (Å²) in [5, 5.41) is 4.25. The highest BCUT2D eigenvalue weighted by molar-refractivity contribution is 5.98. The lowest BCUT2D eigenvalue weighted by atomic mass is 10.2. The van der Waals surface area contributed by atoms with Crippen molar-refractivity contribution in [3.05, 3.63) is 33.4 Å². The smallest absolute Gasteiger partial charge is 0.326 e. The highest BCUT2D eigenvalue weighted by atomic mass is 16.5. The summed E-state index contributed by atoms with van der Waals surface area (Å²) in [6, 6.07) is 1.79. The number of hydrogen-bond acceptors (Lipinski definition) is 5. The second-order valence-corrected chi connectivity index (χ2v) is 7.09. The Bertz CT molecular complexity index is 970. The Hall–Kier alpha value is -2.64. The van der Waals surface area contributed by atoms with E-state index in [-0.39, 0.29) is 37.2 Å². The van der Waals surface area contributed by atoms with Crippen LogP contribution in [0.5, 0.6) is 0 Å². The van der Waals surface area contributed by atoms with Gasteiger partial charge in [-0.1, -0.05) is 0 Å². The predicted octanol–water partition coefficient (Wildman–Crippen LogP) is 1.12. The standard InChI is InChI=1S/C18H22N4O4/c1-4-26-15(23)9-21-14-7-10(2)19-22(14)17(24)13-8-20(18(25)16(13)21)11(3)12-5-6-12/h7,11-12H,4-6,8-9H2,1-3H3/t11-/m1/s1. The average molecular weight is 358 g/mol. The zero-order valence-corrected chi connectivity index (χ0v) is 15.2. The molecule has 1 aliphatic heterocycles. The molecule has 8 heteroatoms. The molecule has 1 atom stereocenters. The van der Waals surface area contributed by atoms with E-state index in [1.165, 1.54) is 4.52 Å². The first-order chi connectivity index (χ1) is 12.4. The first-order valence-corrected chi connectivity index (χ1v) is 9.01. The van der Waals surface area contributed by atoms with Crippen molar-refractivity contribution in [3.63, 3.8) is 0 Å². The summed E-state index contributed by atoms with van der Waals surface area (Å²) in [6.07, 6.45) is 2.22. The number of carbonyl (C=O) groups excluding carboxylic acids is 2. The van der Waals surface area contributed by atoms with E-state index >= 15 is 0 Å². The van der Waals surface area contributed by atoms with Crippen LogP contribution in [0.25, 0.3) is 5.65 Å². The number of fused-ring (bicyclic) bond motifs is 2. The fourth-order valence-corrected chi connectivity index (χ4v) is 3.76. The Morgan fingerprint density at radius 1 is 1.38 bits per heavy atom. The summed E-state index contributed by atoms with van der Waals surface area (Å²) in [5.41, 5.74) is 1.50. The number of ether oxygens (including phenoxy) is 1. The molecule has 1 amide bonds. The molecule has 0 unspecified atom stereocenters. The van der Waals surface area contributed by atoms with Gasteiger partial charge in [-0.25, -0.2) is 0 Å². The predicted molar refractivity (Wildman–Crippen MR) is 92.9 cm³/mol. The van der Waals surface area contributed by atoms with Gasteiger partial charge in [-0.15, -0.1) is 0 Å². The minimum atomic E-state index is -0.444. The third-order valence-corrected chi connectivity index (χ3v) is 5.28. The van der Waals surface area contributed by atoms with E-state index in [1.54, 1.807) is 29.4 Å². The first-order valence-electron chi connectivity index (χ1n) is 9.01. The zero-order chi connectivity index (χ0) is 18.6. The summed E-state index contributed by atoms with van der Waals surface area (Å²) in [7, 11) is 0. The Balaban J connectivity index is 1.87. The van der Waals surface area contributed by atoms with E-state index in [4.69, 9.17) is 4.74 Å². The highest BCUT2D eigenvalue weighted by Crippen LogP contribution is 2.38. The molecule has 2 aromatic rings. The van der Waals surface area contributed by atoms with Gasteiger partial charge in [-0.2, -0.15) is 9.61 Å². The number of amides is 1. The Labute approximate surface area is 150 Å². The maximum absolute atomic E-state index is 13.1. The van der Waals surface area contributed by atoms with Gasteiger partial charge in [-0.05, 0) is 39.5 Å². The third kappa shape index (κ3) is 2.51. The first kappa shape index (κ1) is 16.8. The van der Waals surface area contributed by atoms with Gasteiger partial charge >= 0.3 is 5.97 Å². The Morgan fingerprint density at radius 2 is 2.12 bits per heavy atom. The lowest BCUT2D eigenvalue weighted by Crippen LogP contribution is -2.35. The van der Waals surface area contributed by atoms with Crippen LogP contribution in [0.15, 0.2) is 10.9 Å². The molecule has 1 fully saturated rings. The normalized spacial score (nSPS) is 17.7. The number of esters is 1. The number of aryl methyl sites for hydroxylation is 1. The van der Waals surface area contributed by atoms with Crippen molar-refractivity contribution in [1.82, 2.24) is 19.1 Å². The van der Waals surface area contributed by atoms with Gasteiger partial charge in [0, 0.05) is 12.1 Å². The molecular formula is C18H22N4O4. The monoisotopic (exact) mass is 358 g/mol. The number of aromatic nitrogens is 3. The van der Waals surface area contributed by atoms with Crippen LogP contribution in [0.3, 0.4) is 0 Å². The molecule has 4 rings (SSSR count). The summed E-state index contributed by atoms with van der Waals surface area (Å²) in [4.78, 5) is 39.9. The van der Waals surface area contributed by atoms with E-state index in [1.807, 2.05) is 6.92 Å². The van der Waals surface area contributed by atoms with E-state index in [0.717, 1.165) is 12.8 Å². The van der Waals surface area contributed by atoms with Gasteiger partial charge in [0.25, 0.3) is 11.5 Å². The molecule has 1 saturated carbocycles. The summed E-state index contributed by atoms with van der Waals surface area (Å²) in [6.45, 7) is 5.93. The lowest BCUT2D eigenvalue weighted by Gasteiger charge is -2.23. The fourth-order valence-electron chi connectivity index (χ4n) is 3.76. The highest BCUT2D eigenvalue weighted by Gasteiger charge is 2.41. The molecule has 8 nitrogen and oxygen atoms in total. The lowest BCUT2D eigenvalue weighted by molar-refractivity contribution is -0.143. The SMILES string of the molecule is CCOC(=O)Cn1c2c(c(=O)n3nc(C)cc13)CN([C@H](C)C1CC1)C2=O. The maximum atomic E-state index is 13.1. The number of rotatable bonds is 5. The third-order valence-electron chi connectivity index (χ3n) is 5.28. The molecule has 0 bridgehead atoms. The molecule has 0 spiro atoms. The van der Waals surface area contributed by atoms with Gasteiger partial charge in [0.15, 0.2) is 0 Å². The molecular weight excluding hydrogens is 336 g/mol. The Morgan fingerprint density at radius 3 is 2.77 bits per heavy atom. The van der Waals surface area contributed by atoms with Gasteiger partial charge < -0.3 is 14.2 Å². The quantitative estimate of drug-likeness (QED) is 0.748. The van der Waals surface area contributed by atoms with Crippen molar-refractivity contribution >= 4 is 17.5 Å². The molecule has 26 heavy (non-hydrogen) atoms. The fraction of sp³-hybridized carbons (Fsp3) is 0.556. The van der Waals surface area contributed by atoms with Crippen LogP contribution < -0.4 is 5.56 Å². The van der Waals surface area contributed by atoms with Crippen molar-refractivity contribution in [2.75, 3.05) is 6.61 Å². The van der Waals surface area contributed by atoms with Crippen molar-refractivity contribution in [3.8, 4) is 0 Å². The molecule has 138 valence electrons. The summed E-state index contributed by atoms with van der Waals surface area (Å²) in [5.74, 6) is -0.143. The number of carbonyl (C=O) groups is 2. The molecule has 2 aromatic heterocycles. The number of hydrogen-bond donors (Lipinski definition) is 0. The van der Waals surface area contributed by atoms with Gasteiger partial charge in [0.05, 0.1) is 24.4 Å². The van der Waals surface area contributed by atoms with Crippen LogP contribution in [0.1, 0.15) is 48.4 Å². The number of nitrogens with zero attached hydrogens (tertiary/aromatic N) is 4. The van der Waals surface area contributed by atoms with Crippen LogP contribution >= 0.6 is 0 Å². The van der Waals surface area contributed by atoms with Crippen LogP contribution in [-0.4, -0.2) is 43.6 Å². The van der Waals surface area contributed by atoms with E-state index in [0.29, 0.717) is 28.5 Å². The molecule has 3 heterocycles. The van der Waals surface area contributed by atoms with Crippen molar-refractivity contribution in [2.24, 2.45) is 5.92 Å². The molecule has 0 saturated heterocycles. The van der Waals surface area contributed by atoms with Gasteiger partial charge in [-0.3, -0.25) is 14.4 Å². The second-order valence-electron chi connectivity index (χ2n) is 7.09. The van der Waals surface area contributed by atoms with Gasteiger partial charge in [0.1, 0.15) is 17.9 Å². The minimum absolute atomic E-state index is 0.0828. The van der Waals surface area contributed by atoms with Gasteiger partial charge in [0.2, 0.25) is 0 Å². The minimum Gasteiger partial charge on any atom is -0.465 e. The summed E-state index contributed by atoms with van der Waals surface area (Å²) >= 11 is 0. The van der Waals surface area contributed by atoms with Crippen LogP contribution in [-0.2, 0) is 22.6 Å². The average Bonchev–Trinajstić information content (AvgIpc) is 3.28. The van der Waals surface area contributed by atoms with Crippen LogP contribution in [0.2, 0.25) is 0 Å². The zero-order valence-electron chi connectivity index (χ0n) is 15.2. The maximum Gasteiger partial charge on any atom is 0.326 e. The molecule has 0 N–H and O–H groups in total. The van der Waals surface area contributed by atoms with Crippen LogP contribution in [0, 0.1) is 12.8 Å². The van der Waals surface area contributed by atoms with Crippen molar-refractivity contribution in [1.29, 1.82) is 0 Å². The molecule has 1 aliphatic carbocycles.